The van der Waals surface area contributed by atoms with E-state index in [9.17, 15) is 4.79 Å². The van der Waals surface area contributed by atoms with Crippen LogP contribution in [0.1, 0.15) is 38.2 Å². The fourth-order valence-electron chi connectivity index (χ4n) is 1.43. The number of carbonyl (C=O) groups is 1. The zero-order valence-corrected chi connectivity index (χ0v) is 10.7. The molecule has 1 atom stereocenters. The average molecular weight is 220 g/mol. The summed E-state index contributed by atoms with van der Waals surface area (Å²) in [4.78, 5) is 17.9. The summed E-state index contributed by atoms with van der Waals surface area (Å²) in [7, 11) is 1.83. The third-order valence-corrected chi connectivity index (χ3v) is 3.04. The minimum absolute atomic E-state index is 0.0250. The summed E-state index contributed by atoms with van der Waals surface area (Å²) in [5.74, 6) is -0.0250. The second-order valence-electron chi connectivity index (χ2n) is 5.17. The zero-order valence-electron chi connectivity index (χ0n) is 10.7. The van der Waals surface area contributed by atoms with Gasteiger partial charge in [0.15, 0.2) is 0 Å². The van der Waals surface area contributed by atoms with Gasteiger partial charge in [-0.3, -0.25) is 9.78 Å². The van der Waals surface area contributed by atoms with Crippen LogP contribution in [0.5, 0.6) is 0 Å². The highest BCUT2D eigenvalue weighted by atomic mass is 16.2. The van der Waals surface area contributed by atoms with Gasteiger partial charge in [-0.25, -0.2) is 0 Å². The Kier molecular flexibility index (Phi) is 3.68. The first-order valence-corrected chi connectivity index (χ1v) is 5.52. The monoisotopic (exact) mass is 220 g/mol. The highest BCUT2D eigenvalue weighted by molar-refractivity contribution is 5.92. The van der Waals surface area contributed by atoms with E-state index < -0.39 is 0 Å². The second-order valence-corrected chi connectivity index (χ2v) is 5.17. The van der Waals surface area contributed by atoms with Crippen LogP contribution >= 0.6 is 0 Å². The van der Waals surface area contributed by atoms with Crippen molar-refractivity contribution in [2.75, 3.05) is 7.05 Å². The summed E-state index contributed by atoms with van der Waals surface area (Å²) in [5.41, 5.74) is 0.570. The quantitative estimate of drug-likeness (QED) is 0.767. The molecule has 0 aliphatic rings. The number of aromatic nitrogens is 1. The number of hydrogen-bond donors (Lipinski definition) is 0. The van der Waals surface area contributed by atoms with Crippen LogP contribution in [0.25, 0.3) is 0 Å². The fraction of sp³-hybridized carbons (Fsp3) is 0.538. The van der Waals surface area contributed by atoms with E-state index >= 15 is 0 Å². The maximum atomic E-state index is 12.1. The lowest BCUT2D eigenvalue weighted by Gasteiger charge is -2.35. The van der Waals surface area contributed by atoms with Gasteiger partial charge in [-0.05, 0) is 24.5 Å². The number of carbonyl (C=O) groups excluding carboxylic acids is 1. The molecule has 88 valence electrons. The van der Waals surface area contributed by atoms with Gasteiger partial charge >= 0.3 is 0 Å². The van der Waals surface area contributed by atoms with Gasteiger partial charge in [-0.1, -0.05) is 26.8 Å². The number of rotatable bonds is 2. The number of pyridine rings is 1. The van der Waals surface area contributed by atoms with E-state index in [0.29, 0.717) is 5.69 Å². The van der Waals surface area contributed by atoms with Crippen LogP contribution in [0.4, 0.5) is 0 Å². The van der Waals surface area contributed by atoms with Crippen molar-refractivity contribution in [2.45, 2.75) is 33.7 Å². The SMILES string of the molecule is CC(N(C)C(=O)c1ccccn1)C(C)(C)C. The van der Waals surface area contributed by atoms with Gasteiger partial charge in [0, 0.05) is 19.3 Å². The lowest BCUT2D eigenvalue weighted by molar-refractivity contribution is 0.0623. The summed E-state index contributed by atoms with van der Waals surface area (Å²) >= 11 is 0. The molecular formula is C13H20N2O. The number of nitrogens with zero attached hydrogens (tertiary/aromatic N) is 2. The van der Waals surface area contributed by atoms with Crippen molar-refractivity contribution in [3.05, 3.63) is 30.1 Å². The molecule has 0 aromatic carbocycles. The first-order valence-electron chi connectivity index (χ1n) is 5.52. The van der Waals surface area contributed by atoms with Crippen molar-refractivity contribution >= 4 is 5.91 Å². The molecule has 0 saturated heterocycles. The van der Waals surface area contributed by atoms with E-state index in [-0.39, 0.29) is 17.4 Å². The predicted octanol–water partition coefficient (Wildman–Crippen LogP) is 2.59. The van der Waals surface area contributed by atoms with Crippen molar-refractivity contribution < 1.29 is 4.79 Å². The Hall–Kier alpha value is -1.38. The van der Waals surface area contributed by atoms with Gasteiger partial charge < -0.3 is 4.90 Å². The largest absolute Gasteiger partial charge is 0.337 e. The maximum absolute atomic E-state index is 12.1. The van der Waals surface area contributed by atoms with Crippen molar-refractivity contribution in [1.82, 2.24) is 9.88 Å². The lowest BCUT2D eigenvalue weighted by Crippen LogP contribution is -2.43. The molecule has 1 unspecified atom stereocenters. The normalized spacial score (nSPS) is 13.3. The second kappa shape index (κ2) is 4.64. The molecule has 3 nitrogen and oxygen atoms in total. The summed E-state index contributed by atoms with van der Waals surface area (Å²) in [6, 6.07) is 5.55. The molecule has 1 aromatic heterocycles. The minimum atomic E-state index is -0.0250. The number of hydrogen-bond acceptors (Lipinski definition) is 2. The van der Waals surface area contributed by atoms with Gasteiger partial charge in [0.05, 0.1) is 0 Å². The predicted molar refractivity (Wildman–Crippen MR) is 65.2 cm³/mol. The Morgan fingerprint density at radius 3 is 2.44 bits per heavy atom. The van der Waals surface area contributed by atoms with Crippen LogP contribution in [0.3, 0.4) is 0 Å². The van der Waals surface area contributed by atoms with Crippen LogP contribution < -0.4 is 0 Å². The van der Waals surface area contributed by atoms with Gasteiger partial charge in [0.25, 0.3) is 5.91 Å². The highest BCUT2D eigenvalue weighted by Gasteiger charge is 2.27. The van der Waals surface area contributed by atoms with Crippen molar-refractivity contribution in [1.29, 1.82) is 0 Å². The van der Waals surface area contributed by atoms with Gasteiger partial charge in [-0.15, -0.1) is 0 Å². The van der Waals surface area contributed by atoms with Crippen LogP contribution in [-0.2, 0) is 0 Å². The van der Waals surface area contributed by atoms with Gasteiger partial charge in [-0.2, -0.15) is 0 Å². The van der Waals surface area contributed by atoms with Crippen molar-refractivity contribution in [2.24, 2.45) is 5.41 Å². The van der Waals surface area contributed by atoms with Gasteiger partial charge in [0.1, 0.15) is 5.69 Å². The standard InChI is InChI=1S/C13H20N2O/c1-10(13(2,3)4)15(5)12(16)11-8-6-7-9-14-11/h6-10H,1-5H3. The molecule has 1 aromatic rings. The van der Waals surface area contributed by atoms with Crippen molar-refractivity contribution in [3.63, 3.8) is 0 Å². The molecule has 0 N–H and O–H groups in total. The minimum Gasteiger partial charge on any atom is -0.337 e. The highest BCUT2D eigenvalue weighted by Crippen LogP contribution is 2.23. The molecule has 0 bridgehead atoms. The Labute approximate surface area is 97.5 Å². The van der Waals surface area contributed by atoms with E-state index in [0.717, 1.165) is 0 Å². The Morgan fingerprint density at radius 2 is 2.00 bits per heavy atom. The van der Waals surface area contributed by atoms with Gasteiger partial charge in [0.2, 0.25) is 0 Å². The third kappa shape index (κ3) is 2.81. The summed E-state index contributed by atoms with van der Waals surface area (Å²) in [6.45, 7) is 8.43. The molecule has 1 heterocycles. The molecule has 0 fully saturated rings. The molecule has 1 rings (SSSR count). The van der Waals surface area contributed by atoms with Crippen LogP contribution in [0.2, 0.25) is 0 Å². The zero-order chi connectivity index (χ0) is 12.3. The fourth-order valence-corrected chi connectivity index (χ4v) is 1.43. The molecular weight excluding hydrogens is 200 g/mol. The summed E-state index contributed by atoms with van der Waals surface area (Å²) < 4.78 is 0. The van der Waals surface area contributed by atoms with Crippen LogP contribution in [0, 0.1) is 5.41 Å². The first-order chi connectivity index (χ1) is 7.34. The molecule has 0 saturated carbocycles. The molecule has 0 spiro atoms. The molecule has 1 amide bonds. The summed E-state index contributed by atoms with van der Waals surface area (Å²) in [5, 5.41) is 0. The van der Waals surface area contributed by atoms with Crippen molar-refractivity contribution in [3.8, 4) is 0 Å². The molecule has 3 heteroatoms. The smallest absolute Gasteiger partial charge is 0.272 e. The average Bonchev–Trinajstić information content (AvgIpc) is 2.26. The lowest BCUT2D eigenvalue weighted by atomic mass is 9.87. The van der Waals surface area contributed by atoms with Crippen LogP contribution in [-0.4, -0.2) is 28.9 Å². The molecule has 0 aliphatic carbocycles. The summed E-state index contributed by atoms with van der Waals surface area (Å²) in [6.07, 6.45) is 1.64. The Bertz CT molecular complexity index is 354. The van der Waals surface area contributed by atoms with Crippen LogP contribution in [0.15, 0.2) is 24.4 Å². The Morgan fingerprint density at radius 1 is 1.38 bits per heavy atom. The van der Waals surface area contributed by atoms with E-state index in [4.69, 9.17) is 0 Å². The van der Waals surface area contributed by atoms with E-state index in [2.05, 4.69) is 32.7 Å². The topological polar surface area (TPSA) is 33.2 Å². The van der Waals surface area contributed by atoms with E-state index in [1.54, 1.807) is 17.2 Å². The molecule has 0 radical (unpaired) electrons. The molecule has 16 heavy (non-hydrogen) atoms. The third-order valence-electron chi connectivity index (χ3n) is 3.04. The Balaban J connectivity index is 2.84. The van der Waals surface area contributed by atoms with E-state index in [1.807, 2.05) is 19.2 Å². The number of amides is 1. The first kappa shape index (κ1) is 12.7. The van der Waals surface area contributed by atoms with E-state index in [1.165, 1.54) is 0 Å². The maximum Gasteiger partial charge on any atom is 0.272 e. The molecule has 0 aliphatic heterocycles.